The maximum atomic E-state index is 5.49. The van der Waals surface area contributed by atoms with Gasteiger partial charge in [0.05, 0.1) is 6.61 Å². The normalized spacial score (nSPS) is 37.6. The Kier molecular flexibility index (Phi) is 2.95. The molecule has 0 spiro atoms. The summed E-state index contributed by atoms with van der Waals surface area (Å²) in [5.74, 6) is 0. The molecule has 2 aliphatic heterocycles. The maximum Gasteiger partial charge on any atom is 0.0622 e. The first kappa shape index (κ1) is 10.1. The number of hydrogen-bond acceptors (Lipinski definition) is 3. The van der Waals surface area contributed by atoms with E-state index in [0.29, 0.717) is 0 Å². The van der Waals surface area contributed by atoms with Crippen LogP contribution in [0.5, 0.6) is 0 Å². The van der Waals surface area contributed by atoms with E-state index in [1.165, 1.54) is 45.2 Å². The van der Waals surface area contributed by atoms with Gasteiger partial charge in [-0.3, -0.25) is 4.90 Å². The Morgan fingerprint density at radius 2 is 2.13 bits per heavy atom. The van der Waals surface area contributed by atoms with Crippen molar-refractivity contribution in [3.05, 3.63) is 0 Å². The number of rotatable bonds is 4. The van der Waals surface area contributed by atoms with Crippen molar-refractivity contribution >= 4 is 0 Å². The molecule has 2 unspecified atom stereocenters. The second kappa shape index (κ2) is 4.40. The largest absolute Gasteiger partial charge is 0.380 e. The molecule has 3 nitrogen and oxygen atoms in total. The fourth-order valence-corrected chi connectivity index (χ4v) is 2.93. The van der Waals surface area contributed by atoms with Gasteiger partial charge in [-0.1, -0.05) is 0 Å². The van der Waals surface area contributed by atoms with Crippen LogP contribution in [-0.4, -0.2) is 49.3 Å². The molecule has 3 heteroatoms. The van der Waals surface area contributed by atoms with Crippen LogP contribution in [-0.2, 0) is 4.74 Å². The lowest BCUT2D eigenvalue weighted by molar-refractivity contribution is 0.134. The number of ether oxygens (including phenoxy) is 1. The Hall–Kier alpha value is -0.120. The van der Waals surface area contributed by atoms with Crippen LogP contribution in [0.1, 0.15) is 32.1 Å². The molecular formula is C12H22N2O. The van der Waals surface area contributed by atoms with Crippen molar-refractivity contribution in [2.24, 2.45) is 0 Å². The minimum Gasteiger partial charge on any atom is -0.380 e. The van der Waals surface area contributed by atoms with Gasteiger partial charge in [0.2, 0.25) is 0 Å². The minimum atomic E-state index is 0.721. The summed E-state index contributed by atoms with van der Waals surface area (Å²) < 4.78 is 5.49. The van der Waals surface area contributed by atoms with Crippen molar-refractivity contribution in [2.45, 2.75) is 50.2 Å². The Morgan fingerprint density at radius 1 is 1.20 bits per heavy atom. The average Bonchev–Trinajstić information content (AvgIpc) is 2.79. The molecule has 0 aromatic heterocycles. The monoisotopic (exact) mass is 210 g/mol. The highest BCUT2D eigenvalue weighted by molar-refractivity contribution is 4.90. The van der Waals surface area contributed by atoms with E-state index in [2.05, 4.69) is 10.2 Å². The molecule has 0 radical (unpaired) electrons. The van der Waals surface area contributed by atoms with Crippen LogP contribution in [0.15, 0.2) is 0 Å². The van der Waals surface area contributed by atoms with E-state index in [1.807, 2.05) is 0 Å². The van der Waals surface area contributed by atoms with Gasteiger partial charge in [0.15, 0.2) is 0 Å². The van der Waals surface area contributed by atoms with Gasteiger partial charge in [-0.2, -0.15) is 0 Å². The first-order valence-corrected chi connectivity index (χ1v) is 6.50. The third-order valence-electron chi connectivity index (χ3n) is 4.02. The van der Waals surface area contributed by atoms with E-state index in [1.54, 1.807) is 0 Å². The van der Waals surface area contributed by atoms with Gasteiger partial charge in [0, 0.05) is 31.3 Å². The van der Waals surface area contributed by atoms with Crippen LogP contribution in [0.2, 0.25) is 0 Å². The standard InChI is InChI=1S/C12H22N2O/c1-2-11(8-13-10-3-4-10)14(6-1)12-5-7-15-9-12/h10-13H,1-9H2. The summed E-state index contributed by atoms with van der Waals surface area (Å²) in [5.41, 5.74) is 0. The zero-order chi connectivity index (χ0) is 10.1. The predicted molar refractivity (Wildman–Crippen MR) is 60.0 cm³/mol. The molecule has 15 heavy (non-hydrogen) atoms. The molecule has 86 valence electrons. The molecule has 2 saturated heterocycles. The Bertz CT molecular complexity index is 212. The quantitative estimate of drug-likeness (QED) is 0.749. The van der Waals surface area contributed by atoms with Gasteiger partial charge < -0.3 is 10.1 Å². The van der Waals surface area contributed by atoms with Crippen molar-refractivity contribution in [2.75, 3.05) is 26.3 Å². The molecule has 1 saturated carbocycles. The molecule has 0 aromatic rings. The summed E-state index contributed by atoms with van der Waals surface area (Å²) in [7, 11) is 0. The van der Waals surface area contributed by atoms with Gasteiger partial charge in [0.25, 0.3) is 0 Å². The zero-order valence-corrected chi connectivity index (χ0v) is 9.45. The van der Waals surface area contributed by atoms with E-state index in [-0.39, 0.29) is 0 Å². The van der Waals surface area contributed by atoms with E-state index >= 15 is 0 Å². The molecule has 1 aliphatic carbocycles. The minimum absolute atomic E-state index is 0.721. The summed E-state index contributed by atoms with van der Waals surface area (Å²) in [6.45, 7) is 4.45. The molecule has 3 fully saturated rings. The van der Waals surface area contributed by atoms with Crippen molar-refractivity contribution in [1.29, 1.82) is 0 Å². The van der Waals surface area contributed by atoms with Crippen molar-refractivity contribution in [3.63, 3.8) is 0 Å². The van der Waals surface area contributed by atoms with Crippen LogP contribution >= 0.6 is 0 Å². The molecule has 3 rings (SSSR count). The topological polar surface area (TPSA) is 24.5 Å². The van der Waals surface area contributed by atoms with Crippen LogP contribution < -0.4 is 5.32 Å². The summed E-state index contributed by atoms with van der Waals surface area (Å²) >= 11 is 0. The highest BCUT2D eigenvalue weighted by Crippen LogP contribution is 2.25. The Labute approximate surface area is 92.2 Å². The molecular weight excluding hydrogens is 188 g/mol. The molecule has 2 atom stereocenters. The van der Waals surface area contributed by atoms with Crippen LogP contribution in [0.25, 0.3) is 0 Å². The van der Waals surface area contributed by atoms with E-state index in [9.17, 15) is 0 Å². The SMILES string of the molecule is C1CC(CNC2CC2)N(C2CCOC2)C1. The van der Waals surface area contributed by atoms with Gasteiger partial charge in [-0.05, 0) is 38.6 Å². The fraction of sp³-hybridized carbons (Fsp3) is 1.00. The molecule has 0 amide bonds. The second-order valence-electron chi connectivity index (χ2n) is 5.23. The zero-order valence-electron chi connectivity index (χ0n) is 9.45. The first-order valence-electron chi connectivity index (χ1n) is 6.50. The number of hydrogen-bond donors (Lipinski definition) is 1. The van der Waals surface area contributed by atoms with E-state index in [0.717, 1.165) is 31.3 Å². The third-order valence-corrected chi connectivity index (χ3v) is 4.02. The molecule has 0 bridgehead atoms. The van der Waals surface area contributed by atoms with Gasteiger partial charge in [-0.25, -0.2) is 0 Å². The van der Waals surface area contributed by atoms with E-state index < -0.39 is 0 Å². The summed E-state index contributed by atoms with van der Waals surface area (Å²) in [6.07, 6.45) is 6.82. The molecule has 1 N–H and O–H groups in total. The Balaban J connectivity index is 1.51. The predicted octanol–water partition coefficient (Wildman–Crippen LogP) is 0.992. The lowest BCUT2D eigenvalue weighted by Crippen LogP contribution is -2.44. The highest BCUT2D eigenvalue weighted by Gasteiger charge is 2.33. The number of likely N-dealkylation sites (tertiary alicyclic amines) is 1. The summed E-state index contributed by atoms with van der Waals surface area (Å²) in [5, 5.41) is 3.67. The summed E-state index contributed by atoms with van der Waals surface area (Å²) in [4.78, 5) is 2.70. The van der Waals surface area contributed by atoms with Gasteiger partial charge >= 0.3 is 0 Å². The lowest BCUT2D eigenvalue weighted by Gasteiger charge is -2.29. The molecule has 3 aliphatic rings. The van der Waals surface area contributed by atoms with Crippen molar-refractivity contribution in [1.82, 2.24) is 10.2 Å². The fourth-order valence-electron chi connectivity index (χ4n) is 2.93. The molecule has 2 heterocycles. The van der Waals surface area contributed by atoms with Crippen LogP contribution in [0, 0.1) is 0 Å². The van der Waals surface area contributed by atoms with E-state index in [4.69, 9.17) is 4.74 Å². The number of nitrogens with one attached hydrogen (secondary N) is 1. The van der Waals surface area contributed by atoms with Gasteiger partial charge in [0.1, 0.15) is 0 Å². The van der Waals surface area contributed by atoms with Crippen LogP contribution in [0.4, 0.5) is 0 Å². The summed E-state index contributed by atoms with van der Waals surface area (Å²) in [6, 6.07) is 2.36. The van der Waals surface area contributed by atoms with Gasteiger partial charge in [-0.15, -0.1) is 0 Å². The van der Waals surface area contributed by atoms with Crippen molar-refractivity contribution in [3.8, 4) is 0 Å². The first-order chi connectivity index (χ1) is 7.43. The van der Waals surface area contributed by atoms with Crippen LogP contribution in [0.3, 0.4) is 0 Å². The number of nitrogens with zero attached hydrogens (tertiary/aromatic N) is 1. The van der Waals surface area contributed by atoms with Crippen molar-refractivity contribution < 1.29 is 4.74 Å². The highest BCUT2D eigenvalue weighted by atomic mass is 16.5. The second-order valence-corrected chi connectivity index (χ2v) is 5.23. The Morgan fingerprint density at radius 3 is 2.87 bits per heavy atom. The third kappa shape index (κ3) is 2.35. The maximum absolute atomic E-state index is 5.49. The lowest BCUT2D eigenvalue weighted by atomic mass is 10.1. The average molecular weight is 210 g/mol. The molecule has 0 aromatic carbocycles. The smallest absolute Gasteiger partial charge is 0.0622 e.